The molecule has 0 aliphatic carbocycles. The number of nitrogens with one attached hydrogen (secondary N) is 8. The molecule has 0 bridgehead atoms. The maximum atomic E-state index is 13.6. The molecule has 10 aromatic carbocycles. The number of hydrogen-bond donors (Lipinski definition) is 8. The van der Waals surface area contributed by atoms with Crippen LogP contribution in [0.3, 0.4) is 0 Å². The van der Waals surface area contributed by atoms with Crippen LogP contribution in [0.2, 0.25) is 0 Å². The highest BCUT2D eigenvalue weighted by molar-refractivity contribution is 6.38. The third kappa shape index (κ3) is 18.7. The van der Waals surface area contributed by atoms with Crippen molar-refractivity contribution < 1.29 is 24.0 Å². The standard InChI is InChI=1S/C37H39N5O2.C36H37N5O2.C18H20N2O/c1-3-32(27-12-6-4-7-13-27)39-36(43)29-17-18-33-31(24-29)34(37(44)40-33)35(28-14-8-5-9-15-28)38-30-16-10-11-26(23-30)25-42-21-19-41(2)20-22-42;1-25(27-11-5-3-6-12-27)37-35(42)29-16-17-32-31(23-29)33(36(43)39-32)34(28-13-7-4-8-14-28)38-30-15-9-10-26(22-30)24-41-20-18-40(2)19-21-41;1-2-16(13-6-4-3-5-7-13)20-18(21)15-9-8-14-10-11-19-17(14)12-15/h4-18,23-24,32,38H,3,19-22,25H2,1-2H3,(H,39,43)(H,40,44);3-17,22-23,25,38H,18-21,24H2,1-2H3,(H,37,42)(H,39,43);3-9,12,16,19H,2,10-11H2,1H3,(H,20,21)/b35-34-;34-33-;/t32-;25-;16-/m111/s1. The molecule has 0 radical (unpaired) electrons. The molecule has 5 amide bonds. The van der Waals surface area contributed by atoms with E-state index >= 15 is 0 Å². The molecule has 3 atom stereocenters. The fourth-order valence-corrected chi connectivity index (χ4v) is 14.4. The maximum absolute atomic E-state index is 13.6. The first-order valence-corrected chi connectivity index (χ1v) is 37.7. The van der Waals surface area contributed by atoms with Crippen LogP contribution in [0.4, 0.5) is 28.4 Å². The fourth-order valence-electron chi connectivity index (χ4n) is 14.4. The number of rotatable bonds is 21. The first kappa shape index (κ1) is 74.5. The van der Waals surface area contributed by atoms with Gasteiger partial charge in [-0.05, 0) is 158 Å². The summed E-state index contributed by atoms with van der Waals surface area (Å²) in [6, 6.07) is 83.0. The summed E-state index contributed by atoms with van der Waals surface area (Å²) in [6.45, 7) is 17.3. The Hall–Kier alpha value is -11.7. The normalized spacial score (nSPS) is 16.5. The van der Waals surface area contributed by atoms with E-state index in [1.54, 1.807) is 12.1 Å². The van der Waals surface area contributed by atoms with E-state index in [4.69, 9.17) is 0 Å². The van der Waals surface area contributed by atoms with Crippen LogP contribution >= 0.6 is 0 Å². The molecule has 108 heavy (non-hydrogen) atoms. The van der Waals surface area contributed by atoms with Gasteiger partial charge in [-0.2, -0.15) is 0 Å². The summed E-state index contributed by atoms with van der Waals surface area (Å²) < 4.78 is 0. The molecule has 5 aliphatic heterocycles. The minimum absolute atomic E-state index is 0.0118. The molecule has 17 heteroatoms. The zero-order chi connectivity index (χ0) is 74.9. The predicted molar refractivity (Wildman–Crippen MR) is 437 cm³/mol. The summed E-state index contributed by atoms with van der Waals surface area (Å²) in [4.78, 5) is 76.0. The Balaban J connectivity index is 0.000000152. The van der Waals surface area contributed by atoms with Crippen molar-refractivity contribution in [2.75, 3.05) is 99.6 Å². The van der Waals surface area contributed by atoms with E-state index in [1.165, 1.54) is 16.7 Å². The molecule has 10 aromatic rings. The van der Waals surface area contributed by atoms with Gasteiger partial charge in [-0.25, -0.2) is 0 Å². The lowest BCUT2D eigenvalue weighted by molar-refractivity contribution is -0.111. The molecule has 0 saturated carbocycles. The van der Waals surface area contributed by atoms with Crippen molar-refractivity contribution in [3.63, 3.8) is 0 Å². The average Bonchev–Trinajstić information content (AvgIpc) is 1.61. The van der Waals surface area contributed by atoms with Crippen LogP contribution in [0, 0.1) is 0 Å². The van der Waals surface area contributed by atoms with Gasteiger partial charge in [0, 0.05) is 128 Å². The van der Waals surface area contributed by atoms with Gasteiger partial charge in [0.1, 0.15) is 0 Å². The second-order valence-corrected chi connectivity index (χ2v) is 28.3. The van der Waals surface area contributed by atoms with Gasteiger partial charge in [0.25, 0.3) is 29.5 Å². The second-order valence-electron chi connectivity index (χ2n) is 28.3. The first-order chi connectivity index (χ1) is 52.7. The number of benzene rings is 10. The third-order valence-corrected chi connectivity index (χ3v) is 20.6. The molecule has 17 nitrogen and oxygen atoms in total. The number of amides is 5. The molecular weight excluding hydrogens is 1340 g/mol. The van der Waals surface area contributed by atoms with E-state index in [9.17, 15) is 24.0 Å². The summed E-state index contributed by atoms with van der Waals surface area (Å²) >= 11 is 0. The Bertz CT molecular complexity index is 4860. The van der Waals surface area contributed by atoms with Crippen LogP contribution in [-0.4, -0.2) is 122 Å². The van der Waals surface area contributed by atoms with Gasteiger partial charge in [-0.1, -0.05) is 196 Å². The number of likely N-dealkylation sites (N-methyl/N-ethyl adjacent to an activating group) is 2. The lowest BCUT2D eigenvalue weighted by Crippen LogP contribution is -2.43. The van der Waals surface area contributed by atoms with Crippen molar-refractivity contribution in [1.29, 1.82) is 0 Å². The van der Waals surface area contributed by atoms with Gasteiger partial charge >= 0.3 is 0 Å². The second kappa shape index (κ2) is 35.6. The fraction of sp³-hybridized carbons (Fsp3) is 0.242. The highest BCUT2D eigenvalue weighted by Crippen LogP contribution is 2.41. The van der Waals surface area contributed by atoms with Crippen molar-refractivity contribution in [2.45, 2.75) is 71.2 Å². The highest BCUT2D eigenvalue weighted by Gasteiger charge is 2.32. The zero-order valence-electron chi connectivity index (χ0n) is 62.2. The SMILES string of the molecule is CC[C@@H](NC(=O)c1ccc2c(c1)/C(=C(/Nc1cccc(CN3CCN(C)CC3)c1)c1ccccc1)C(=O)N2)c1ccccc1.CC[C@@H](NC(=O)c1ccc2c(c1)NCC2)c1ccccc1.C[C@@H](NC(=O)c1ccc2c(c1)/C(=C(/Nc1cccc(CN3CCN(C)CC3)c1)c1ccccc1)C(=O)N2)c1ccccc1. The Morgan fingerprint density at radius 2 is 0.787 bits per heavy atom. The molecule has 2 fully saturated rings. The van der Waals surface area contributed by atoms with E-state index in [-0.39, 0.29) is 47.7 Å². The van der Waals surface area contributed by atoms with Crippen LogP contribution in [0.15, 0.2) is 255 Å². The summed E-state index contributed by atoms with van der Waals surface area (Å²) in [6.07, 6.45) is 2.68. The molecule has 5 heterocycles. The smallest absolute Gasteiger partial charge is 0.258 e. The Labute approximate surface area is 634 Å². The zero-order valence-corrected chi connectivity index (χ0v) is 62.2. The van der Waals surface area contributed by atoms with Gasteiger partial charge in [0.15, 0.2) is 0 Å². The largest absolute Gasteiger partial charge is 0.384 e. The van der Waals surface area contributed by atoms with Crippen LogP contribution < -0.4 is 42.5 Å². The van der Waals surface area contributed by atoms with Crippen LogP contribution in [0.25, 0.3) is 22.5 Å². The van der Waals surface area contributed by atoms with Gasteiger partial charge in [0.05, 0.1) is 40.7 Å². The third-order valence-electron chi connectivity index (χ3n) is 20.6. The summed E-state index contributed by atoms with van der Waals surface area (Å²) in [5.74, 6) is -0.780. The number of carbonyl (C=O) groups excluding carboxylic acids is 5. The number of piperazine rings is 2. The number of nitrogens with zero attached hydrogens (tertiary/aromatic N) is 4. The summed E-state index contributed by atoms with van der Waals surface area (Å²) in [5, 5.41) is 25.9. The average molecular weight is 1440 g/mol. The quantitative estimate of drug-likeness (QED) is 0.0318. The topological polar surface area (TPSA) is 195 Å². The van der Waals surface area contributed by atoms with E-state index in [0.717, 1.165) is 142 Å². The molecule has 15 rings (SSSR count). The van der Waals surface area contributed by atoms with E-state index in [0.29, 0.717) is 56.2 Å². The number of carbonyl (C=O) groups is 5. The molecule has 0 aromatic heterocycles. The Morgan fingerprint density at radius 1 is 0.398 bits per heavy atom. The van der Waals surface area contributed by atoms with Crippen molar-refractivity contribution in [3.05, 3.63) is 327 Å². The number of fused-ring (bicyclic) bond motifs is 3. The molecule has 0 unspecified atom stereocenters. The van der Waals surface area contributed by atoms with Crippen LogP contribution in [0.1, 0.15) is 138 Å². The van der Waals surface area contributed by atoms with Gasteiger partial charge in [-0.3, -0.25) is 33.8 Å². The lowest BCUT2D eigenvalue weighted by atomic mass is 9.97. The number of hydrogen-bond acceptors (Lipinski definition) is 12. The molecular formula is C91H96N12O5. The molecule has 550 valence electrons. The summed E-state index contributed by atoms with van der Waals surface area (Å²) in [5.41, 5.74) is 18.6. The highest BCUT2D eigenvalue weighted by atomic mass is 16.2. The Morgan fingerprint density at radius 3 is 1.21 bits per heavy atom. The minimum Gasteiger partial charge on any atom is -0.384 e. The van der Waals surface area contributed by atoms with E-state index in [2.05, 4.69) is 139 Å². The number of anilines is 5. The van der Waals surface area contributed by atoms with E-state index in [1.807, 2.05) is 201 Å². The van der Waals surface area contributed by atoms with Gasteiger partial charge in [0.2, 0.25) is 0 Å². The first-order valence-electron chi connectivity index (χ1n) is 37.7. The summed E-state index contributed by atoms with van der Waals surface area (Å²) in [7, 11) is 4.33. The van der Waals surface area contributed by atoms with Crippen LogP contribution in [-0.2, 0) is 29.1 Å². The van der Waals surface area contributed by atoms with Gasteiger partial charge in [-0.15, -0.1) is 0 Å². The van der Waals surface area contributed by atoms with Crippen molar-refractivity contribution in [3.8, 4) is 0 Å². The minimum atomic E-state index is -0.204. The molecule has 5 aliphatic rings. The maximum Gasteiger partial charge on any atom is 0.258 e. The monoisotopic (exact) mass is 1440 g/mol. The van der Waals surface area contributed by atoms with E-state index < -0.39 is 0 Å². The van der Waals surface area contributed by atoms with Crippen molar-refractivity contribution >= 4 is 80.5 Å². The van der Waals surface area contributed by atoms with Crippen LogP contribution in [0.5, 0.6) is 0 Å². The lowest BCUT2D eigenvalue weighted by Gasteiger charge is -2.32. The Kier molecular flexibility index (Phi) is 24.6. The molecule has 8 N–H and O–H groups in total. The van der Waals surface area contributed by atoms with Gasteiger partial charge < -0.3 is 52.3 Å². The molecule has 2 saturated heterocycles. The van der Waals surface area contributed by atoms with Crippen molar-refractivity contribution in [2.24, 2.45) is 0 Å². The van der Waals surface area contributed by atoms with Crippen molar-refractivity contribution in [1.82, 2.24) is 35.6 Å². The predicted octanol–water partition coefficient (Wildman–Crippen LogP) is 15.6. The molecule has 0 spiro atoms.